The number of pyridine rings is 1. The minimum absolute atomic E-state index is 0.0668. The lowest BCUT2D eigenvalue weighted by Gasteiger charge is -2.36. The molecule has 110 valence electrons. The van der Waals surface area contributed by atoms with Gasteiger partial charge < -0.3 is 15.0 Å². The predicted octanol–water partition coefficient (Wildman–Crippen LogP) is 2.27. The molecule has 20 heavy (non-hydrogen) atoms. The van der Waals surface area contributed by atoms with Gasteiger partial charge in [0, 0.05) is 33.4 Å². The third-order valence-corrected chi connectivity index (χ3v) is 4.12. The first-order valence-corrected chi connectivity index (χ1v) is 7.10. The highest BCUT2D eigenvalue weighted by Gasteiger charge is 2.30. The lowest BCUT2D eigenvalue weighted by molar-refractivity contribution is -0.00156. The minimum Gasteiger partial charge on any atom is -0.379 e. The zero-order chi connectivity index (χ0) is 14.7. The largest absolute Gasteiger partial charge is 0.379 e. The number of ether oxygens (including phenoxy) is 1. The number of carbonyl (C=O) groups excluding carboxylic acids is 1. The Labute approximate surface area is 124 Å². The van der Waals surface area contributed by atoms with Gasteiger partial charge in [-0.3, -0.25) is 4.79 Å². The van der Waals surface area contributed by atoms with Gasteiger partial charge in [-0.15, -0.1) is 0 Å². The Kier molecular flexibility index (Phi) is 4.83. The lowest BCUT2D eigenvalue weighted by Crippen LogP contribution is -2.46. The van der Waals surface area contributed by atoms with Gasteiger partial charge in [-0.25, -0.2) is 4.98 Å². The predicted molar refractivity (Wildman–Crippen MR) is 79.3 cm³/mol. The van der Waals surface area contributed by atoms with Crippen LogP contribution >= 0.6 is 11.6 Å². The van der Waals surface area contributed by atoms with Crippen molar-refractivity contribution >= 4 is 23.3 Å². The topological polar surface area (TPSA) is 54.5 Å². The Balaban J connectivity index is 2.19. The Morgan fingerprint density at radius 2 is 2.35 bits per heavy atom. The van der Waals surface area contributed by atoms with Crippen molar-refractivity contribution in [3.8, 4) is 0 Å². The first-order valence-electron chi connectivity index (χ1n) is 6.72. The van der Waals surface area contributed by atoms with Gasteiger partial charge in [-0.2, -0.15) is 0 Å². The number of piperidine rings is 1. The van der Waals surface area contributed by atoms with Crippen LogP contribution < -0.4 is 5.32 Å². The van der Waals surface area contributed by atoms with Crippen LogP contribution in [0.25, 0.3) is 0 Å². The van der Waals surface area contributed by atoms with E-state index >= 15 is 0 Å². The number of nitrogens with zero attached hydrogens (tertiary/aromatic N) is 2. The molecule has 6 heteroatoms. The highest BCUT2D eigenvalue weighted by Crippen LogP contribution is 2.24. The summed E-state index contributed by atoms with van der Waals surface area (Å²) in [6.07, 6.45) is 2.52. The van der Waals surface area contributed by atoms with Crippen LogP contribution in [0, 0.1) is 5.92 Å². The van der Waals surface area contributed by atoms with E-state index in [0.717, 1.165) is 13.0 Å². The number of rotatable bonds is 3. The standard InChI is InChI=1S/C14H20ClN3O2/c1-9-4-5-18(8-12(9)20-3)14(19)10-6-13(16-2)17-7-11(10)15/h6-7,9,12H,4-5,8H2,1-3H3,(H,16,17). The molecule has 0 spiro atoms. The summed E-state index contributed by atoms with van der Waals surface area (Å²) in [5.41, 5.74) is 0.482. The summed E-state index contributed by atoms with van der Waals surface area (Å²) in [5, 5.41) is 3.29. The van der Waals surface area contributed by atoms with Crippen molar-refractivity contribution in [3.63, 3.8) is 0 Å². The molecular weight excluding hydrogens is 278 g/mol. The van der Waals surface area contributed by atoms with Crippen molar-refractivity contribution < 1.29 is 9.53 Å². The van der Waals surface area contributed by atoms with Crippen LogP contribution in [0.1, 0.15) is 23.7 Å². The molecule has 1 aliphatic rings. The van der Waals surface area contributed by atoms with E-state index in [-0.39, 0.29) is 12.0 Å². The molecule has 2 heterocycles. The van der Waals surface area contributed by atoms with E-state index in [9.17, 15) is 4.79 Å². The van der Waals surface area contributed by atoms with Gasteiger partial charge in [0.15, 0.2) is 0 Å². The average molecular weight is 298 g/mol. The zero-order valence-electron chi connectivity index (χ0n) is 12.0. The van der Waals surface area contributed by atoms with E-state index in [2.05, 4.69) is 17.2 Å². The van der Waals surface area contributed by atoms with Crippen LogP contribution in [-0.4, -0.2) is 49.1 Å². The monoisotopic (exact) mass is 297 g/mol. The SMILES string of the molecule is CNc1cc(C(=O)N2CCC(C)C(OC)C2)c(Cl)cn1. The second-order valence-corrected chi connectivity index (χ2v) is 5.50. The van der Waals surface area contributed by atoms with Gasteiger partial charge in [0.1, 0.15) is 5.82 Å². The maximum atomic E-state index is 12.6. The second kappa shape index (κ2) is 6.41. The van der Waals surface area contributed by atoms with Crippen LogP contribution in [0.15, 0.2) is 12.3 Å². The summed E-state index contributed by atoms with van der Waals surface area (Å²) in [4.78, 5) is 18.5. The number of anilines is 1. The van der Waals surface area contributed by atoms with Gasteiger partial charge in [-0.1, -0.05) is 18.5 Å². The van der Waals surface area contributed by atoms with E-state index < -0.39 is 0 Å². The van der Waals surface area contributed by atoms with Crippen LogP contribution in [0.4, 0.5) is 5.82 Å². The molecule has 1 aliphatic heterocycles. The van der Waals surface area contributed by atoms with Crippen LogP contribution in [0.5, 0.6) is 0 Å². The van der Waals surface area contributed by atoms with Crippen molar-refractivity contribution in [2.75, 3.05) is 32.6 Å². The molecular formula is C14H20ClN3O2. The fourth-order valence-corrected chi connectivity index (χ4v) is 2.62. The third kappa shape index (κ3) is 3.04. The molecule has 5 nitrogen and oxygen atoms in total. The number of halogens is 1. The quantitative estimate of drug-likeness (QED) is 0.930. The first kappa shape index (κ1) is 15.1. The summed E-state index contributed by atoms with van der Waals surface area (Å²) in [5.74, 6) is 1.03. The number of hydrogen-bond donors (Lipinski definition) is 1. The number of hydrogen-bond acceptors (Lipinski definition) is 4. The number of carbonyl (C=O) groups is 1. The fraction of sp³-hybridized carbons (Fsp3) is 0.571. The third-order valence-electron chi connectivity index (χ3n) is 3.82. The lowest BCUT2D eigenvalue weighted by atomic mass is 9.95. The fourth-order valence-electron chi connectivity index (χ4n) is 2.43. The molecule has 1 amide bonds. The maximum Gasteiger partial charge on any atom is 0.255 e. The number of nitrogens with one attached hydrogen (secondary N) is 1. The smallest absolute Gasteiger partial charge is 0.255 e. The minimum atomic E-state index is -0.0668. The van der Waals surface area contributed by atoms with Gasteiger partial charge in [0.2, 0.25) is 0 Å². The van der Waals surface area contributed by atoms with Gasteiger partial charge >= 0.3 is 0 Å². The highest BCUT2D eigenvalue weighted by molar-refractivity contribution is 6.33. The molecule has 0 bridgehead atoms. The molecule has 1 aromatic rings. The summed E-state index contributed by atoms with van der Waals surface area (Å²) < 4.78 is 5.44. The summed E-state index contributed by atoms with van der Waals surface area (Å²) in [6, 6.07) is 1.69. The first-order chi connectivity index (χ1) is 9.56. The van der Waals surface area contributed by atoms with Crippen molar-refractivity contribution in [1.82, 2.24) is 9.88 Å². The van der Waals surface area contributed by atoms with E-state index in [1.165, 1.54) is 6.20 Å². The van der Waals surface area contributed by atoms with Crippen LogP contribution in [0.2, 0.25) is 5.02 Å². The van der Waals surface area contributed by atoms with Gasteiger partial charge in [-0.05, 0) is 18.4 Å². The summed E-state index contributed by atoms with van der Waals surface area (Å²) >= 11 is 6.10. The molecule has 0 radical (unpaired) electrons. The molecule has 0 aromatic carbocycles. The van der Waals surface area contributed by atoms with Crippen LogP contribution in [-0.2, 0) is 4.74 Å². The van der Waals surface area contributed by atoms with Crippen molar-refractivity contribution in [1.29, 1.82) is 0 Å². The Bertz CT molecular complexity index is 495. The van der Waals surface area contributed by atoms with E-state index in [0.29, 0.717) is 28.9 Å². The molecule has 2 atom stereocenters. The molecule has 1 aromatic heterocycles. The molecule has 1 fully saturated rings. The van der Waals surface area contributed by atoms with Crippen molar-refractivity contribution in [2.24, 2.45) is 5.92 Å². The Morgan fingerprint density at radius 3 is 3.00 bits per heavy atom. The Morgan fingerprint density at radius 1 is 1.60 bits per heavy atom. The maximum absolute atomic E-state index is 12.6. The molecule has 2 rings (SSSR count). The van der Waals surface area contributed by atoms with E-state index in [1.54, 1.807) is 25.1 Å². The molecule has 0 saturated carbocycles. The van der Waals surface area contributed by atoms with Gasteiger partial charge in [0.25, 0.3) is 5.91 Å². The van der Waals surface area contributed by atoms with Crippen molar-refractivity contribution in [3.05, 3.63) is 22.8 Å². The Hall–Kier alpha value is -1.33. The average Bonchev–Trinajstić information content (AvgIpc) is 2.47. The number of methoxy groups -OCH3 is 1. The van der Waals surface area contributed by atoms with Crippen LogP contribution in [0.3, 0.4) is 0 Å². The molecule has 2 unspecified atom stereocenters. The van der Waals surface area contributed by atoms with E-state index in [4.69, 9.17) is 16.3 Å². The highest BCUT2D eigenvalue weighted by atomic mass is 35.5. The van der Waals surface area contributed by atoms with Gasteiger partial charge in [0.05, 0.1) is 16.7 Å². The normalized spacial score (nSPS) is 22.7. The van der Waals surface area contributed by atoms with E-state index in [1.807, 2.05) is 0 Å². The number of amides is 1. The zero-order valence-corrected chi connectivity index (χ0v) is 12.8. The summed E-state index contributed by atoms with van der Waals surface area (Å²) in [6.45, 7) is 3.48. The number of likely N-dealkylation sites (tertiary alicyclic amines) is 1. The summed E-state index contributed by atoms with van der Waals surface area (Å²) in [7, 11) is 3.45. The molecule has 0 aliphatic carbocycles. The molecule has 1 N–H and O–H groups in total. The molecule has 1 saturated heterocycles. The van der Waals surface area contributed by atoms with Crippen molar-refractivity contribution in [2.45, 2.75) is 19.4 Å². The second-order valence-electron chi connectivity index (χ2n) is 5.09. The number of aromatic nitrogens is 1.